The molecule has 0 saturated carbocycles. The molecule has 204 valence electrons. The Morgan fingerprint density at radius 2 is 1.86 bits per heavy atom. The summed E-state index contributed by atoms with van der Waals surface area (Å²) in [7, 11) is 2.75. The Hall–Kier alpha value is -3.27. The molecule has 1 saturated heterocycles. The molecule has 0 aliphatic carbocycles. The van der Waals surface area contributed by atoms with Gasteiger partial charge in [0, 0.05) is 19.0 Å². The van der Waals surface area contributed by atoms with Crippen LogP contribution in [0.5, 0.6) is 11.5 Å². The predicted octanol–water partition coefficient (Wildman–Crippen LogP) is 4.41. The summed E-state index contributed by atoms with van der Waals surface area (Å²) in [6.45, 7) is 12.0. The highest BCUT2D eigenvalue weighted by Gasteiger charge is 2.31. The predicted molar refractivity (Wildman–Crippen MR) is 139 cm³/mol. The molecule has 2 rings (SSSR count). The van der Waals surface area contributed by atoms with Crippen molar-refractivity contribution in [1.82, 2.24) is 4.90 Å². The van der Waals surface area contributed by atoms with E-state index in [-0.39, 0.29) is 66.9 Å². The molecular formula is C26H42N2O8. The molecule has 0 bridgehead atoms. The number of nitrogens with zero attached hydrogens (tertiary/aromatic N) is 1. The van der Waals surface area contributed by atoms with Crippen LogP contribution in [0.1, 0.15) is 63.7 Å². The zero-order valence-corrected chi connectivity index (χ0v) is 22.4. The van der Waals surface area contributed by atoms with Crippen LogP contribution in [0.3, 0.4) is 0 Å². The Balaban J connectivity index is 0.00000291. The molecule has 1 heterocycles. The number of aliphatic hydroxyl groups excluding tert-OH is 1. The molecule has 1 atom stereocenters. The number of aliphatic hydroxyl groups is 1. The first-order valence-corrected chi connectivity index (χ1v) is 12.3. The summed E-state index contributed by atoms with van der Waals surface area (Å²) < 4.78 is 20.7. The summed E-state index contributed by atoms with van der Waals surface area (Å²) in [5, 5.41) is 12.2. The zero-order chi connectivity index (χ0) is 27.5. The minimum atomic E-state index is -0.763. The minimum Gasteiger partial charge on any atom is -0.493 e. The number of esters is 1. The molecular weight excluding hydrogens is 468 g/mol. The third-order valence-electron chi connectivity index (χ3n) is 4.96. The number of amides is 2. The zero-order valence-electron chi connectivity index (χ0n) is 22.4. The number of anilines is 1. The molecule has 0 unspecified atom stereocenters. The highest BCUT2D eigenvalue weighted by molar-refractivity contribution is 6.03. The van der Waals surface area contributed by atoms with E-state index in [1.807, 2.05) is 27.7 Å². The molecule has 10 heteroatoms. The van der Waals surface area contributed by atoms with Crippen molar-refractivity contribution >= 4 is 23.7 Å². The van der Waals surface area contributed by atoms with Crippen LogP contribution < -0.4 is 14.8 Å². The largest absolute Gasteiger partial charge is 0.493 e. The Labute approximate surface area is 214 Å². The fourth-order valence-corrected chi connectivity index (χ4v) is 3.34. The van der Waals surface area contributed by atoms with Crippen LogP contribution in [0, 0.1) is 0 Å². The van der Waals surface area contributed by atoms with Crippen molar-refractivity contribution in [2.75, 3.05) is 45.9 Å². The number of ether oxygens (including phenoxy) is 4. The lowest BCUT2D eigenvalue weighted by Gasteiger charge is -2.25. The topological polar surface area (TPSA) is 124 Å². The number of hydrogen-bond acceptors (Lipinski definition) is 8. The number of hydrogen-bond donors (Lipinski definition) is 2. The lowest BCUT2D eigenvalue weighted by molar-refractivity contribution is -0.140. The van der Waals surface area contributed by atoms with Gasteiger partial charge in [-0.15, -0.1) is 0 Å². The fraction of sp³-hybridized carbons (Fsp3) is 0.577. The Bertz CT molecular complexity index is 828. The second-order valence-corrected chi connectivity index (χ2v) is 7.07. The van der Waals surface area contributed by atoms with E-state index in [0.717, 1.165) is 6.42 Å². The van der Waals surface area contributed by atoms with Crippen LogP contribution in [0.25, 0.3) is 0 Å². The van der Waals surface area contributed by atoms with E-state index in [2.05, 4.69) is 16.6 Å². The average molecular weight is 511 g/mol. The van der Waals surface area contributed by atoms with Crippen molar-refractivity contribution in [3.63, 3.8) is 0 Å². The van der Waals surface area contributed by atoms with Gasteiger partial charge in [-0.1, -0.05) is 40.3 Å². The maximum atomic E-state index is 13.2. The summed E-state index contributed by atoms with van der Waals surface area (Å²) in [5.41, 5.74) is 0.357. The van der Waals surface area contributed by atoms with E-state index in [0.29, 0.717) is 19.4 Å². The van der Waals surface area contributed by atoms with Gasteiger partial charge in [0.15, 0.2) is 11.5 Å². The lowest BCUT2D eigenvalue weighted by atomic mass is 10.1. The molecule has 2 N–H and O–H groups in total. The molecule has 1 fully saturated rings. The van der Waals surface area contributed by atoms with Crippen LogP contribution in [-0.4, -0.2) is 74.6 Å². The minimum absolute atomic E-state index is 0.000858. The average Bonchev–Trinajstić information content (AvgIpc) is 3.40. The third kappa shape index (κ3) is 10.2. The summed E-state index contributed by atoms with van der Waals surface area (Å²) >= 11 is 0. The van der Waals surface area contributed by atoms with E-state index in [9.17, 15) is 19.5 Å². The molecule has 1 aliphatic heterocycles. The molecule has 1 aromatic rings. The van der Waals surface area contributed by atoms with Crippen LogP contribution in [0.15, 0.2) is 24.8 Å². The van der Waals surface area contributed by atoms with E-state index in [1.165, 1.54) is 32.4 Å². The maximum Gasteiger partial charge on any atom is 0.411 e. The van der Waals surface area contributed by atoms with E-state index in [4.69, 9.17) is 14.2 Å². The number of carbonyl (C=O) groups is 3. The number of methoxy groups -OCH3 is 2. The van der Waals surface area contributed by atoms with Gasteiger partial charge in [-0.25, -0.2) is 4.79 Å². The first kappa shape index (κ1) is 32.7. The fourth-order valence-electron chi connectivity index (χ4n) is 3.34. The highest BCUT2D eigenvalue weighted by Crippen LogP contribution is 2.35. The second kappa shape index (κ2) is 19.0. The number of benzene rings is 1. The number of likely N-dealkylation sites (tertiary alicyclic amines) is 1. The smallest absolute Gasteiger partial charge is 0.411 e. The van der Waals surface area contributed by atoms with E-state index >= 15 is 0 Å². The highest BCUT2D eigenvalue weighted by atomic mass is 16.5. The van der Waals surface area contributed by atoms with Crippen molar-refractivity contribution in [2.24, 2.45) is 0 Å². The van der Waals surface area contributed by atoms with Crippen LogP contribution in [0.2, 0.25) is 0 Å². The van der Waals surface area contributed by atoms with Crippen molar-refractivity contribution in [3.05, 3.63) is 30.4 Å². The first-order valence-electron chi connectivity index (χ1n) is 12.3. The SMILES string of the molecule is C=CCOC(=O)Nc1cc(OCCCC(=O)OC)c(OC)cc1C(=O)N1CCC[C@H]1CO.CC.CC. The molecule has 1 aliphatic rings. The van der Waals surface area contributed by atoms with Gasteiger partial charge in [-0.3, -0.25) is 14.9 Å². The third-order valence-corrected chi connectivity index (χ3v) is 4.96. The Morgan fingerprint density at radius 3 is 2.44 bits per heavy atom. The van der Waals surface area contributed by atoms with Gasteiger partial charge in [0.05, 0.1) is 44.7 Å². The van der Waals surface area contributed by atoms with E-state index < -0.39 is 6.09 Å². The molecule has 0 radical (unpaired) electrons. The monoisotopic (exact) mass is 510 g/mol. The molecule has 0 spiro atoms. The Kier molecular flexibility index (Phi) is 17.3. The number of nitrogens with one attached hydrogen (secondary N) is 1. The van der Waals surface area contributed by atoms with Crippen LogP contribution in [0.4, 0.5) is 10.5 Å². The summed E-state index contributed by atoms with van der Waals surface area (Å²) in [4.78, 5) is 38.2. The molecule has 1 aromatic carbocycles. The van der Waals surface area contributed by atoms with Crippen LogP contribution in [-0.2, 0) is 14.3 Å². The van der Waals surface area contributed by atoms with Gasteiger partial charge in [0.25, 0.3) is 5.91 Å². The summed E-state index contributed by atoms with van der Waals surface area (Å²) in [6, 6.07) is 2.67. The van der Waals surface area contributed by atoms with Gasteiger partial charge in [0.2, 0.25) is 0 Å². The second-order valence-electron chi connectivity index (χ2n) is 7.07. The summed E-state index contributed by atoms with van der Waals surface area (Å²) in [5.74, 6) is -0.127. The quantitative estimate of drug-likeness (QED) is 0.255. The summed E-state index contributed by atoms with van der Waals surface area (Å²) in [6.07, 6.45) is 2.73. The van der Waals surface area contributed by atoms with Crippen molar-refractivity contribution in [2.45, 2.75) is 59.4 Å². The number of rotatable bonds is 11. The van der Waals surface area contributed by atoms with Gasteiger partial charge < -0.3 is 29.0 Å². The molecule has 36 heavy (non-hydrogen) atoms. The van der Waals surface area contributed by atoms with Crippen molar-refractivity contribution < 1.29 is 38.4 Å². The van der Waals surface area contributed by atoms with Crippen molar-refractivity contribution in [3.8, 4) is 11.5 Å². The first-order chi connectivity index (χ1) is 17.4. The Morgan fingerprint density at radius 1 is 1.17 bits per heavy atom. The standard InChI is InChI=1S/C22H30N2O8.2C2H6/c1-4-10-32-22(28)23-17-13-19(31-11-6-8-20(26)30-3)18(29-2)12-16(17)21(27)24-9-5-7-15(24)14-25;2*1-2/h4,12-13,15,25H,1,5-11,14H2,2-3H3,(H,23,28);2*1-2H3/t15-;;/m0../s1. The normalized spacial score (nSPS) is 13.8. The van der Waals surface area contributed by atoms with Crippen molar-refractivity contribution in [1.29, 1.82) is 0 Å². The van der Waals surface area contributed by atoms with Gasteiger partial charge in [0.1, 0.15) is 6.61 Å². The van der Waals surface area contributed by atoms with Gasteiger partial charge in [-0.05, 0) is 25.3 Å². The maximum absolute atomic E-state index is 13.2. The van der Waals surface area contributed by atoms with Crippen LogP contribution >= 0.6 is 0 Å². The lowest BCUT2D eigenvalue weighted by Crippen LogP contribution is -2.38. The number of carbonyl (C=O) groups excluding carboxylic acids is 3. The van der Waals surface area contributed by atoms with E-state index in [1.54, 1.807) is 4.90 Å². The molecule has 0 aromatic heterocycles. The molecule has 10 nitrogen and oxygen atoms in total. The van der Waals surface area contributed by atoms with Gasteiger partial charge in [-0.2, -0.15) is 0 Å². The van der Waals surface area contributed by atoms with Gasteiger partial charge >= 0.3 is 12.1 Å². The molecule has 2 amide bonds.